The van der Waals surface area contributed by atoms with E-state index in [2.05, 4.69) is 15.0 Å². The van der Waals surface area contributed by atoms with Crippen molar-refractivity contribution in [1.82, 2.24) is 10.1 Å². The Morgan fingerprint density at radius 3 is 2.71 bits per heavy atom. The number of carbonyl (C=O) groups excluding carboxylic acids is 2. The Hall–Kier alpha value is -2.67. The molecule has 0 fully saturated rings. The summed E-state index contributed by atoms with van der Waals surface area (Å²) in [6, 6.07) is 10.4. The molecule has 7 nitrogen and oxygen atoms in total. The molecule has 0 atom stereocenters. The van der Waals surface area contributed by atoms with Gasteiger partial charge in [0.25, 0.3) is 5.91 Å². The van der Waals surface area contributed by atoms with E-state index in [4.69, 9.17) is 4.74 Å². The molecule has 0 unspecified atom stereocenters. The molecule has 1 heterocycles. The molecule has 0 saturated carbocycles. The third-order valence-corrected chi connectivity index (χ3v) is 3.27. The standard InChI is InChI=1S/C17H21N3O4/c1-2-23-11-6-10-20(17(22)14-7-4-3-5-8-14)13-16(21)18-15-9-12-24-19-15/h3-5,7-9,12H,2,6,10-11,13H2,1H3,(H,18,19,21). The summed E-state index contributed by atoms with van der Waals surface area (Å²) in [5, 5.41) is 6.21. The molecule has 1 aromatic heterocycles. The maximum absolute atomic E-state index is 12.6. The summed E-state index contributed by atoms with van der Waals surface area (Å²) in [5.74, 6) is -0.201. The predicted octanol–water partition coefficient (Wildman–Crippen LogP) is 2.18. The Balaban J connectivity index is 1.98. The van der Waals surface area contributed by atoms with E-state index in [1.807, 2.05) is 13.0 Å². The van der Waals surface area contributed by atoms with Gasteiger partial charge in [0.1, 0.15) is 12.8 Å². The number of amides is 2. The summed E-state index contributed by atoms with van der Waals surface area (Å²) in [7, 11) is 0. The highest BCUT2D eigenvalue weighted by atomic mass is 16.5. The molecule has 0 spiro atoms. The van der Waals surface area contributed by atoms with Crippen molar-refractivity contribution in [2.75, 3.05) is 31.6 Å². The van der Waals surface area contributed by atoms with Gasteiger partial charge in [0.2, 0.25) is 5.91 Å². The minimum absolute atomic E-state index is 0.0628. The number of ether oxygens (including phenoxy) is 1. The van der Waals surface area contributed by atoms with Crippen LogP contribution in [0.25, 0.3) is 0 Å². The van der Waals surface area contributed by atoms with Crippen LogP contribution in [0.4, 0.5) is 5.82 Å². The second-order valence-electron chi connectivity index (χ2n) is 5.08. The van der Waals surface area contributed by atoms with E-state index < -0.39 is 0 Å². The predicted molar refractivity (Wildman–Crippen MR) is 88.6 cm³/mol. The fourth-order valence-corrected chi connectivity index (χ4v) is 2.15. The summed E-state index contributed by atoms with van der Waals surface area (Å²) in [5.41, 5.74) is 0.545. The largest absolute Gasteiger partial charge is 0.382 e. The van der Waals surface area contributed by atoms with Crippen molar-refractivity contribution in [3.63, 3.8) is 0 Å². The number of benzene rings is 1. The number of anilines is 1. The second kappa shape index (κ2) is 9.46. The number of nitrogens with one attached hydrogen (secondary N) is 1. The monoisotopic (exact) mass is 331 g/mol. The lowest BCUT2D eigenvalue weighted by Crippen LogP contribution is -2.39. The van der Waals surface area contributed by atoms with Gasteiger partial charge in [0.05, 0.1) is 0 Å². The highest BCUT2D eigenvalue weighted by molar-refractivity contribution is 5.99. The first-order valence-corrected chi connectivity index (χ1v) is 7.83. The topological polar surface area (TPSA) is 84.7 Å². The molecule has 0 aliphatic carbocycles. The van der Waals surface area contributed by atoms with Gasteiger partial charge in [-0.05, 0) is 25.5 Å². The highest BCUT2D eigenvalue weighted by Gasteiger charge is 2.19. The fraction of sp³-hybridized carbons (Fsp3) is 0.353. The van der Waals surface area contributed by atoms with Gasteiger partial charge in [-0.15, -0.1) is 0 Å². The zero-order chi connectivity index (χ0) is 17.2. The van der Waals surface area contributed by atoms with Crippen LogP contribution < -0.4 is 5.32 Å². The quantitative estimate of drug-likeness (QED) is 0.712. The number of hydrogen-bond acceptors (Lipinski definition) is 5. The van der Waals surface area contributed by atoms with Crippen LogP contribution in [0.5, 0.6) is 0 Å². The van der Waals surface area contributed by atoms with Gasteiger partial charge in [0.15, 0.2) is 5.82 Å². The molecule has 7 heteroatoms. The molecule has 0 radical (unpaired) electrons. The molecule has 1 N–H and O–H groups in total. The van der Waals surface area contributed by atoms with Gasteiger partial charge in [-0.1, -0.05) is 23.4 Å². The zero-order valence-electron chi connectivity index (χ0n) is 13.6. The van der Waals surface area contributed by atoms with Gasteiger partial charge in [-0.2, -0.15) is 0 Å². The zero-order valence-corrected chi connectivity index (χ0v) is 13.6. The number of rotatable bonds is 9. The summed E-state index contributed by atoms with van der Waals surface area (Å²) >= 11 is 0. The SMILES string of the molecule is CCOCCCN(CC(=O)Nc1ccon1)C(=O)c1ccccc1. The molecular formula is C17H21N3O4. The smallest absolute Gasteiger partial charge is 0.254 e. The molecule has 0 saturated heterocycles. The van der Waals surface area contributed by atoms with Crippen molar-refractivity contribution in [1.29, 1.82) is 0 Å². The van der Waals surface area contributed by atoms with E-state index >= 15 is 0 Å². The van der Waals surface area contributed by atoms with Crippen molar-refractivity contribution >= 4 is 17.6 Å². The van der Waals surface area contributed by atoms with Crippen LogP contribution >= 0.6 is 0 Å². The number of aromatic nitrogens is 1. The Bertz CT molecular complexity index is 629. The Kier molecular flexibility index (Phi) is 6.97. The van der Waals surface area contributed by atoms with E-state index in [0.717, 1.165) is 0 Å². The van der Waals surface area contributed by atoms with Crippen LogP contribution in [0.15, 0.2) is 47.2 Å². The lowest BCUT2D eigenvalue weighted by Gasteiger charge is -2.22. The number of carbonyl (C=O) groups is 2. The second-order valence-corrected chi connectivity index (χ2v) is 5.08. The molecule has 2 aromatic rings. The molecule has 0 aliphatic heterocycles. The summed E-state index contributed by atoms with van der Waals surface area (Å²) in [6.07, 6.45) is 2.02. The lowest BCUT2D eigenvalue weighted by atomic mass is 10.2. The van der Waals surface area contributed by atoms with Crippen molar-refractivity contribution in [3.8, 4) is 0 Å². The van der Waals surface area contributed by atoms with E-state index in [1.54, 1.807) is 24.3 Å². The van der Waals surface area contributed by atoms with Crippen molar-refractivity contribution in [2.45, 2.75) is 13.3 Å². The van der Waals surface area contributed by atoms with E-state index in [0.29, 0.717) is 37.6 Å². The fourth-order valence-electron chi connectivity index (χ4n) is 2.15. The molecule has 2 amide bonds. The average Bonchev–Trinajstić information content (AvgIpc) is 3.10. The summed E-state index contributed by atoms with van der Waals surface area (Å²) < 4.78 is 9.97. The van der Waals surface area contributed by atoms with Gasteiger partial charge in [-0.3, -0.25) is 9.59 Å². The van der Waals surface area contributed by atoms with Crippen LogP contribution in [-0.4, -0.2) is 48.2 Å². The minimum atomic E-state index is -0.329. The normalized spacial score (nSPS) is 10.4. The molecular weight excluding hydrogens is 310 g/mol. The highest BCUT2D eigenvalue weighted by Crippen LogP contribution is 2.07. The molecule has 0 bridgehead atoms. The Morgan fingerprint density at radius 2 is 2.04 bits per heavy atom. The maximum atomic E-state index is 12.6. The van der Waals surface area contributed by atoms with Crippen molar-refractivity contribution in [2.24, 2.45) is 0 Å². The summed E-state index contributed by atoms with van der Waals surface area (Å²) in [4.78, 5) is 26.2. The first kappa shape index (κ1) is 17.7. The number of hydrogen-bond donors (Lipinski definition) is 1. The lowest BCUT2D eigenvalue weighted by molar-refractivity contribution is -0.117. The third-order valence-electron chi connectivity index (χ3n) is 3.27. The Labute approximate surface area is 140 Å². The minimum Gasteiger partial charge on any atom is -0.382 e. The van der Waals surface area contributed by atoms with Gasteiger partial charge in [0, 0.05) is 31.4 Å². The number of nitrogens with zero attached hydrogens (tertiary/aromatic N) is 2. The van der Waals surface area contributed by atoms with Crippen LogP contribution in [0.3, 0.4) is 0 Å². The molecule has 0 aliphatic rings. The van der Waals surface area contributed by atoms with Crippen molar-refractivity contribution < 1.29 is 18.8 Å². The third kappa shape index (κ3) is 5.51. The summed E-state index contributed by atoms with van der Waals surface area (Å²) in [6.45, 7) is 3.45. The van der Waals surface area contributed by atoms with Crippen LogP contribution in [0.1, 0.15) is 23.7 Å². The van der Waals surface area contributed by atoms with E-state index in [9.17, 15) is 9.59 Å². The van der Waals surface area contributed by atoms with Crippen LogP contribution in [0.2, 0.25) is 0 Å². The van der Waals surface area contributed by atoms with E-state index in [-0.39, 0.29) is 18.4 Å². The van der Waals surface area contributed by atoms with Gasteiger partial charge in [-0.25, -0.2) is 0 Å². The van der Waals surface area contributed by atoms with Gasteiger partial charge >= 0.3 is 0 Å². The van der Waals surface area contributed by atoms with Crippen LogP contribution in [-0.2, 0) is 9.53 Å². The van der Waals surface area contributed by atoms with Crippen molar-refractivity contribution in [3.05, 3.63) is 48.2 Å². The Morgan fingerprint density at radius 1 is 1.25 bits per heavy atom. The van der Waals surface area contributed by atoms with Crippen LogP contribution in [0, 0.1) is 0 Å². The first-order chi connectivity index (χ1) is 11.7. The molecule has 128 valence electrons. The van der Waals surface area contributed by atoms with E-state index in [1.165, 1.54) is 17.2 Å². The van der Waals surface area contributed by atoms with Gasteiger partial charge < -0.3 is 19.5 Å². The molecule has 2 rings (SSSR count). The molecule has 1 aromatic carbocycles. The molecule has 24 heavy (non-hydrogen) atoms. The average molecular weight is 331 g/mol. The first-order valence-electron chi connectivity index (χ1n) is 7.83. The maximum Gasteiger partial charge on any atom is 0.254 e.